The number of fused-ring (bicyclic) bond motifs is 1. The number of ether oxygens (including phenoxy) is 1. The third-order valence-corrected chi connectivity index (χ3v) is 4.55. The molecule has 1 aliphatic rings. The Kier molecular flexibility index (Phi) is 4.71. The molecule has 0 atom stereocenters. The second kappa shape index (κ2) is 6.76. The zero-order chi connectivity index (χ0) is 17.3. The Morgan fingerprint density at radius 3 is 2.83 bits per heavy atom. The van der Waals surface area contributed by atoms with Crippen LogP contribution in [0.25, 0.3) is 0 Å². The number of pyridine rings is 1. The number of hydrogen-bond donors (Lipinski definition) is 1. The van der Waals surface area contributed by atoms with E-state index in [1.807, 2.05) is 0 Å². The molecule has 1 amide bonds. The standard InChI is InChI=1S/C17H16BrFN2O3/c1-24-14-9-15(22)21-7-3-2-4-13(21)16(14)17(23)20-12-6-5-10(18)8-11(12)19/h5-6,8-9H,2-4,7H2,1H3,(H,20,23). The van der Waals surface area contributed by atoms with Crippen LogP contribution in [0.15, 0.2) is 33.5 Å². The Balaban J connectivity index is 2.04. The van der Waals surface area contributed by atoms with Crippen molar-refractivity contribution in [2.24, 2.45) is 0 Å². The minimum atomic E-state index is -0.543. The van der Waals surface area contributed by atoms with Crippen LogP contribution < -0.4 is 15.6 Å². The average molecular weight is 395 g/mol. The van der Waals surface area contributed by atoms with E-state index in [0.717, 1.165) is 12.8 Å². The predicted molar refractivity (Wildman–Crippen MR) is 92.2 cm³/mol. The van der Waals surface area contributed by atoms with Crippen molar-refractivity contribution in [1.82, 2.24) is 4.57 Å². The molecule has 1 aromatic carbocycles. The Morgan fingerprint density at radius 1 is 1.33 bits per heavy atom. The summed E-state index contributed by atoms with van der Waals surface area (Å²) in [4.78, 5) is 24.9. The summed E-state index contributed by atoms with van der Waals surface area (Å²) in [6.07, 6.45) is 2.39. The van der Waals surface area contributed by atoms with Gasteiger partial charge in [-0.15, -0.1) is 0 Å². The van der Waals surface area contributed by atoms with Gasteiger partial charge in [-0.1, -0.05) is 15.9 Å². The first-order valence-electron chi connectivity index (χ1n) is 7.58. The minimum absolute atomic E-state index is 0.0750. The number of rotatable bonds is 3. The summed E-state index contributed by atoms with van der Waals surface area (Å²) in [6.45, 7) is 0.574. The lowest BCUT2D eigenvalue weighted by molar-refractivity contribution is 0.102. The monoisotopic (exact) mass is 394 g/mol. The predicted octanol–water partition coefficient (Wildman–Crippen LogP) is 3.35. The summed E-state index contributed by atoms with van der Waals surface area (Å²) >= 11 is 3.18. The summed E-state index contributed by atoms with van der Waals surface area (Å²) in [5.74, 6) is -0.819. The van der Waals surface area contributed by atoms with E-state index in [1.54, 1.807) is 10.6 Å². The highest BCUT2D eigenvalue weighted by atomic mass is 79.9. The van der Waals surface area contributed by atoms with E-state index < -0.39 is 11.7 Å². The van der Waals surface area contributed by atoms with Crippen LogP contribution in [0.2, 0.25) is 0 Å². The van der Waals surface area contributed by atoms with Crippen LogP contribution in [0.1, 0.15) is 28.9 Å². The van der Waals surface area contributed by atoms with Crippen molar-refractivity contribution in [2.75, 3.05) is 12.4 Å². The fraction of sp³-hybridized carbons (Fsp3) is 0.294. The van der Waals surface area contributed by atoms with E-state index in [4.69, 9.17) is 4.74 Å². The van der Waals surface area contributed by atoms with Gasteiger partial charge in [0.2, 0.25) is 0 Å². The fourth-order valence-corrected chi connectivity index (χ4v) is 3.25. The molecule has 1 N–H and O–H groups in total. The maximum Gasteiger partial charge on any atom is 0.261 e. The molecule has 0 saturated heterocycles. The second-order valence-corrected chi connectivity index (χ2v) is 6.48. The summed E-state index contributed by atoms with van der Waals surface area (Å²) < 4.78 is 21.4. The first kappa shape index (κ1) is 16.7. The number of carbonyl (C=O) groups excluding carboxylic acids is 1. The first-order chi connectivity index (χ1) is 11.5. The molecule has 24 heavy (non-hydrogen) atoms. The summed E-state index contributed by atoms with van der Waals surface area (Å²) in [5, 5.41) is 2.57. The van der Waals surface area contributed by atoms with Gasteiger partial charge in [0.05, 0.1) is 12.8 Å². The van der Waals surface area contributed by atoms with Crippen molar-refractivity contribution in [2.45, 2.75) is 25.8 Å². The number of anilines is 1. The highest BCUT2D eigenvalue weighted by Crippen LogP contribution is 2.27. The summed E-state index contributed by atoms with van der Waals surface area (Å²) in [6, 6.07) is 5.70. The molecule has 0 radical (unpaired) electrons. The van der Waals surface area contributed by atoms with Crippen molar-refractivity contribution in [1.29, 1.82) is 0 Å². The van der Waals surface area contributed by atoms with E-state index in [2.05, 4.69) is 21.2 Å². The fourth-order valence-electron chi connectivity index (χ4n) is 2.92. The first-order valence-corrected chi connectivity index (χ1v) is 8.37. The zero-order valence-electron chi connectivity index (χ0n) is 13.1. The molecule has 126 valence electrons. The Labute approximate surface area is 146 Å². The molecule has 1 aromatic heterocycles. The van der Waals surface area contributed by atoms with E-state index in [0.29, 0.717) is 28.7 Å². The van der Waals surface area contributed by atoms with E-state index in [-0.39, 0.29) is 17.0 Å². The smallest absolute Gasteiger partial charge is 0.261 e. The molecule has 0 fully saturated rings. The van der Waals surface area contributed by atoms with Crippen LogP contribution >= 0.6 is 15.9 Å². The maximum atomic E-state index is 14.0. The lowest BCUT2D eigenvalue weighted by Gasteiger charge is -2.22. The zero-order valence-corrected chi connectivity index (χ0v) is 14.7. The number of nitrogens with zero attached hydrogens (tertiary/aromatic N) is 1. The van der Waals surface area contributed by atoms with Gasteiger partial charge in [0.15, 0.2) is 0 Å². The third kappa shape index (κ3) is 3.08. The molecule has 0 saturated carbocycles. The highest BCUT2D eigenvalue weighted by Gasteiger charge is 2.24. The van der Waals surface area contributed by atoms with Crippen molar-refractivity contribution in [3.05, 3.63) is 56.2 Å². The van der Waals surface area contributed by atoms with Crippen LogP contribution in [0.5, 0.6) is 5.75 Å². The van der Waals surface area contributed by atoms with Crippen molar-refractivity contribution in [3.8, 4) is 5.75 Å². The van der Waals surface area contributed by atoms with Crippen LogP contribution in [0, 0.1) is 5.82 Å². The molecule has 2 heterocycles. The maximum absolute atomic E-state index is 14.0. The molecule has 0 spiro atoms. The number of carbonyl (C=O) groups is 1. The molecular weight excluding hydrogens is 379 g/mol. The molecule has 0 aliphatic carbocycles. The van der Waals surface area contributed by atoms with E-state index in [9.17, 15) is 14.0 Å². The van der Waals surface area contributed by atoms with Crippen LogP contribution in [0.4, 0.5) is 10.1 Å². The van der Waals surface area contributed by atoms with Gasteiger partial charge >= 0.3 is 0 Å². The number of halogens is 2. The van der Waals surface area contributed by atoms with Gasteiger partial charge in [0, 0.05) is 22.8 Å². The van der Waals surface area contributed by atoms with Gasteiger partial charge in [0.1, 0.15) is 17.1 Å². The molecule has 7 heteroatoms. The quantitative estimate of drug-likeness (QED) is 0.867. The van der Waals surface area contributed by atoms with Gasteiger partial charge in [-0.3, -0.25) is 9.59 Å². The molecule has 1 aliphatic heterocycles. The number of aromatic nitrogens is 1. The normalized spacial score (nSPS) is 13.3. The van der Waals surface area contributed by atoms with Gasteiger partial charge in [0.25, 0.3) is 11.5 Å². The van der Waals surface area contributed by atoms with Gasteiger partial charge in [-0.2, -0.15) is 0 Å². The highest BCUT2D eigenvalue weighted by molar-refractivity contribution is 9.10. The molecule has 5 nitrogen and oxygen atoms in total. The van der Waals surface area contributed by atoms with Crippen molar-refractivity contribution < 1.29 is 13.9 Å². The molecule has 0 unspecified atom stereocenters. The van der Waals surface area contributed by atoms with Crippen molar-refractivity contribution >= 4 is 27.5 Å². The largest absolute Gasteiger partial charge is 0.496 e. The number of amides is 1. The van der Waals surface area contributed by atoms with Crippen molar-refractivity contribution in [3.63, 3.8) is 0 Å². The van der Waals surface area contributed by atoms with Gasteiger partial charge < -0.3 is 14.6 Å². The van der Waals surface area contributed by atoms with Crippen LogP contribution in [-0.4, -0.2) is 17.6 Å². The second-order valence-electron chi connectivity index (χ2n) is 5.56. The van der Waals surface area contributed by atoms with E-state index >= 15 is 0 Å². The third-order valence-electron chi connectivity index (χ3n) is 4.05. The van der Waals surface area contributed by atoms with Crippen LogP contribution in [0.3, 0.4) is 0 Å². The Hall–Kier alpha value is -2.15. The SMILES string of the molecule is COc1cc(=O)n2c(c1C(=O)Nc1ccc(Br)cc1F)CCCC2. The minimum Gasteiger partial charge on any atom is -0.496 e. The summed E-state index contributed by atoms with van der Waals surface area (Å²) in [5.41, 5.74) is 0.818. The molecular formula is C17H16BrFN2O3. The Bertz CT molecular complexity index is 864. The topological polar surface area (TPSA) is 60.3 Å². The molecule has 2 aromatic rings. The number of hydrogen-bond acceptors (Lipinski definition) is 3. The van der Waals surface area contributed by atoms with Gasteiger partial charge in [-0.25, -0.2) is 4.39 Å². The lowest BCUT2D eigenvalue weighted by Crippen LogP contribution is -2.30. The summed E-state index contributed by atoms with van der Waals surface area (Å²) in [7, 11) is 1.41. The lowest BCUT2D eigenvalue weighted by atomic mass is 10.0. The number of nitrogens with one attached hydrogen (secondary N) is 1. The van der Waals surface area contributed by atoms with Crippen LogP contribution in [-0.2, 0) is 13.0 Å². The Morgan fingerprint density at radius 2 is 2.12 bits per heavy atom. The van der Waals surface area contributed by atoms with Gasteiger partial charge in [-0.05, 0) is 37.5 Å². The molecule has 0 bridgehead atoms. The average Bonchev–Trinajstić information content (AvgIpc) is 2.57. The van der Waals surface area contributed by atoms with E-state index in [1.165, 1.54) is 25.3 Å². The number of benzene rings is 1. The number of methoxy groups -OCH3 is 1. The molecule has 3 rings (SSSR count).